The van der Waals surface area contributed by atoms with Gasteiger partial charge in [0, 0.05) is 24.3 Å². The van der Waals surface area contributed by atoms with E-state index < -0.39 is 41.0 Å². The van der Waals surface area contributed by atoms with Crippen LogP contribution in [0.3, 0.4) is 0 Å². The van der Waals surface area contributed by atoms with Gasteiger partial charge in [-0.15, -0.1) is 0 Å². The number of aliphatic hydroxyl groups excluding tert-OH is 1. The van der Waals surface area contributed by atoms with Gasteiger partial charge < -0.3 is 20.5 Å². The number of nitrogens with zero attached hydrogens (tertiary/aromatic N) is 1. The van der Waals surface area contributed by atoms with E-state index in [0.29, 0.717) is 12.0 Å². The Balaban J connectivity index is 1.61. The van der Waals surface area contributed by atoms with Crippen LogP contribution in [0.5, 0.6) is 0 Å². The highest BCUT2D eigenvalue weighted by Crippen LogP contribution is 2.37. The van der Waals surface area contributed by atoms with E-state index >= 15 is 0 Å². The number of aromatic amines is 1. The van der Waals surface area contributed by atoms with E-state index in [9.17, 15) is 18.7 Å². The van der Waals surface area contributed by atoms with E-state index in [0.717, 1.165) is 35.7 Å². The Bertz CT molecular complexity index is 1340. The van der Waals surface area contributed by atoms with Gasteiger partial charge in [0.1, 0.15) is 17.2 Å². The van der Waals surface area contributed by atoms with Gasteiger partial charge in [-0.3, -0.25) is 5.10 Å². The first-order valence-corrected chi connectivity index (χ1v) is 14.1. The van der Waals surface area contributed by atoms with Crippen LogP contribution < -0.4 is 10.6 Å². The SMILES string of the molecule is CC(C)(C)OC(=O)N[C@@H](Cc1cc(F)cc(F)c1)[C@H](O)CNC1(c2cccc(C(C)(C)C)c2)CCc2n[nH]cc2C1. The number of nitrogens with one attached hydrogen (secondary N) is 3. The van der Waals surface area contributed by atoms with Crippen molar-refractivity contribution in [2.24, 2.45) is 0 Å². The maximum absolute atomic E-state index is 14.0. The molecule has 1 heterocycles. The van der Waals surface area contributed by atoms with Gasteiger partial charge in [0.2, 0.25) is 0 Å². The largest absolute Gasteiger partial charge is 0.444 e. The molecular formula is C32H42F2N4O3. The van der Waals surface area contributed by atoms with Gasteiger partial charge in [0.05, 0.1) is 17.8 Å². The number of aliphatic hydroxyl groups is 1. The van der Waals surface area contributed by atoms with Crippen molar-refractivity contribution in [2.75, 3.05) is 6.54 Å². The standard InChI is InChI=1S/C32H42F2N4O3/c1-30(2,3)22-8-7-9-23(15-22)32(11-10-26-21(17-32)18-36-38-26)35-19-28(39)27(37-29(40)41-31(4,5)6)14-20-12-24(33)16-25(34)13-20/h7-9,12-13,15-16,18,27-28,35,39H,10-11,14,17,19H2,1-6H3,(H,36,38)(H,37,40)/t27-,28+,32?/m0/s1. The van der Waals surface area contributed by atoms with E-state index in [4.69, 9.17) is 4.74 Å². The number of amides is 1. The van der Waals surface area contributed by atoms with E-state index in [1.807, 2.05) is 6.20 Å². The Hall–Kier alpha value is -3.30. The minimum Gasteiger partial charge on any atom is -0.444 e. The number of carbonyl (C=O) groups excluding carboxylic acids is 1. The third-order valence-corrected chi connectivity index (χ3v) is 7.57. The molecule has 0 saturated heterocycles. The second-order valence-corrected chi connectivity index (χ2v) is 13.1. The molecule has 1 aliphatic carbocycles. The van der Waals surface area contributed by atoms with Gasteiger partial charge in [-0.1, -0.05) is 45.0 Å². The van der Waals surface area contributed by atoms with Crippen LogP contribution in [-0.4, -0.2) is 45.7 Å². The number of alkyl carbamates (subject to hydrolysis) is 1. The van der Waals surface area contributed by atoms with Gasteiger partial charge in [0.15, 0.2) is 0 Å². The normalized spacial score (nSPS) is 18.9. The van der Waals surface area contributed by atoms with E-state index in [1.165, 1.54) is 17.7 Å². The molecule has 41 heavy (non-hydrogen) atoms. The Kier molecular flexibility index (Phi) is 8.90. The third-order valence-electron chi connectivity index (χ3n) is 7.57. The molecule has 3 atom stereocenters. The molecule has 0 aliphatic heterocycles. The van der Waals surface area contributed by atoms with E-state index in [1.54, 1.807) is 20.8 Å². The number of benzene rings is 2. The van der Waals surface area contributed by atoms with Crippen molar-refractivity contribution in [3.63, 3.8) is 0 Å². The highest BCUT2D eigenvalue weighted by Gasteiger charge is 2.38. The lowest BCUT2D eigenvalue weighted by molar-refractivity contribution is 0.0411. The molecule has 4 rings (SSSR count). The number of rotatable bonds is 8. The fraction of sp³-hybridized carbons (Fsp3) is 0.500. The topological polar surface area (TPSA) is 99.3 Å². The van der Waals surface area contributed by atoms with Crippen molar-refractivity contribution < 1.29 is 23.4 Å². The number of ether oxygens (including phenoxy) is 1. The minimum atomic E-state index is -1.10. The zero-order chi connectivity index (χ0) is 30.0. The number of hydrogen-bond acceptors (Lipinski definition) is 5. The monoisotopic (exact) mass is 568 g/mol. The van der Waals surface area contributed by atoms with Crippen LogP contribution in [0.1, 0.15) is 75.9 Å². The summed E-state index contributed by atoms with van der Waals surface area (Å²) in [6.45, 7) is 11.9. The van der Waals surface area contributed by atoms with Gasteiger partial charge >= 0.3 is 6.09 Å². The number of fused-ring (bicyclic) bond motifs is 1. The first-order valence-electron chi connectivity index (χ1n) is 14.1. The molecule has 1 amide bonds. The molecule has 0 saturated carbocycles. The van der Waals surface area contributed by atoms with E-state index in [2.05, 4.69) is 65.9 Å². The van der Waals surface area contributed by atoms with Crippen molar-refractivity contribution in [1.82, 2.24) is 20.8 Å². The van der Waals surface area contributed by atoms with Crippen LogP contribution in [0.15, 0.2) is 48.7 Å². The van der Waals surface area contributed by atoms with Crippen molar-refractivity contribution in [3.05, 3.63) is 88.2 Å². The van der Waals surface area contributed by atoms with Crippen molar-refractivity contribution >= 4 is 6.09 Å². The summed E-state index contributed by atoms with van der Waals surface area (Å²) in [6, 6.07) is 10.8. The number of aryl methyl sites for hydroxylation is 1. The molecule has 0 bridgehead atoms. The summed E-state index contributed by atoms with van der Waals surface area (Å²) in [5, 5.41) is 25.2. The molecule has 0 spiro atoms. The maximum Gasteiger partial charge on any atom is 0.407 e. The zero-order valence-corrected chi connectivity index (χ0v) is 24.8. The number of carbonyl (C=O) groups is 1. The Morgan fingerprint density at radius 2 is 1.83 bits per heavy atom. The second kappa shape index (κ2) is 11.9. The number of hydrogen-bond donors (Lipinski definition) is 4. The molecule has 1 aromatic heterocycles. The highest BCUT2D eigenvalue weighted by atomic mass is 19.1. The molecule has 4 N–H and O–H groups in total. The summed E-state index contributed by atoms with van der Waals surface area (Å²) in [6.07, 6.45) is 2.29. The highest BCUT2D eigenvalue weighted by molar-refractivity contribution is 5.68. The lowest BCUT2D eigenvalue weighted by Crippen LogP contribution is -2.54. The number of H-pyrrole nitrogens is 1. The van der Waals surface area contributed by atoms with Gasteiger partial charge in [-0.2, -0.15) is 5.10 Å². The molecule has 0 fully saturated rings. The molecule has 0 radical (unpaired) electrons. The lowest BCUT2D eigenvalue weighted by atomic mass is 9.74. The van der Waals surface area contributed by atoms with Crippen molar-refractivity contribution in [2.45, 2.75) is 95.9 Å². The second-order valence-electron chi connectivity index (χ2n) is 13.1. The molecule has 3 aromatic rings. The first kappa shape index (κ1) is 30.7. The zero-order valence-electron chi connectivity index (χ0n) is 24.8. The molecule has 7 nitrogen and oxygen atoms in total. The minimum absolute atomic E-state index is 0.00908. The van der Waals surface area contributed by atoms with Crippen LogP contribution in [0.2, 0.25) is 0 Å². The third kappa shape index (κ3) is 7.92. The van der Waals surface area contributed by atoms with Crippen LogP contribution in [0, 0.1) is 11.6 Å². The predicted octanol–water partition coefficient (Wildman–Crippen LogP) is 5.46. The molecule has 222 valence electrons. The fourth-order valence-corrected chi connectivity index (χ4v) is 5.41. The van der Waals surface area contributed by atoms with Crippen molar-refractivity contribution in [3.8, 4) is 0 Å². The maximum atomic E-state index is 14.0. The van der Waals surface area contributed by atoms with Crippen molar-refractivity contribution in [1.29, 1.82) is 0 Å². The molecule has 1 aliphatic rings. The summed E-state index contributed by atoms with van der Waals surface area (Å²) >= 11 is 0. The Labute approximate surface area is 241 Å². The van der Waals surface area contributed by atoms with Crippen LogP contribution in [0.25, 0.3) is 0 Å². The smallest absolute Gasteiger partial charge is 0.407 e. The van der Waals surface area contributed by atoms with Gasteiger partial charge in [-0.25, -0.2) is 13.6 Å². The molecule has 2 aromatic carbocycles. The molecule has 9 heteroatoms. The van der Waals surface area contributed by atoms with Gasteiger partial charge in [0.25, 0.3) is 0 Å². The quantitative estimate of drug-likeness (QED) is 0.289. The number of halogens is 2. The average molecular weight is 569 g/mol. The summed E-state index contributed by atoms with van der Waals surface area (Å²) < 4.78 is 33.4. The van der Waals surface area contributed by atoms with Crippen LogP contribution >= 0.6 is 0 Å². The van der Waals surface area contributed by atoms with Gasteiger partial charge in [-0.05, 0) is 86.3 Å². The predicted molar refractivity (Wildman–Crippen MR) is 155 cm³/mol. The summed E-state index contributed by atoms with van der Waals surface area (Å²) in [4.78, 5) is 12.7. The summed E-state index contributed by atoms with van der Waals surface area (Å²) in [7, 11) is 0. The number of aromatic nitrogens is 2. The summed E-state index contributed by atoms with van der Waals surface area (Å²) in [5.74, 6) is -1.45. The fourth-order valence-electron chi connectivity index (χ4n) is 5.41. The van der Waals surface area contributed by atoms with Crippen LogP contribution in [-0.2, 0) is 35.0 Å². The first-order chi connectivity index (χ1) is 19.1. The van der Waals surface area contributed by atoms with Crippen LogP contribution in [0.4, 0.5) is 13.6 Å². The average Bonchev–Trinajstić information content (AvgIpc) is 3.32. The Morgan fingerprint density at radius 3 is 2.49 bits per heavy atom. The lowest BCUT2D eigenvalue weighted by Gasteiger charge is -2.40. The Morgan fingerprint density at radius 1 is 1.12 bits per heavy atom. The summed E-state index contributed by atoms with van der Waals surface area (Å²) in [5.41, 5.74) is 3.46. The van der Waals surface area contributed by atoms with E-state index in [-0.39, 0.29) is 18.4 Å². The molecule has 1 unspecified atom stereocenters. The molecular weight excluding hydrogens is 526 g/mol.